The van der Waals surface area contributed by atoms with Gasteiger partial charge in [0.1, 0.15) is 0 Å². The standard InChI is InChI=1S/C12H21N3O/c1-5-7-15-11(3)12(10(2)14-15)9-13-6-8-16-4/h5,13H,1,6-9H2,2-4H3. The maximum absolute atomic E-state index is 4.99. The van der Waals surface area contributed by atoms with Crippen LogP contribution in [0.15, 0.2) is 12.7 Å². The fraction of sp³-hybridized carbons (Fsp3) is 0.583. The van der Waals surface area contributed by atoms with Crippen molar-refractivity contribution in [1.82, 2.24) is 15.1 Å². The monoisotopic (exact) mass is 223 g/mol. The van der Waals surface area contributed by atoms with Crippen LogP contribution in [0.25, 0.3) is 0 Å². The summed E-state index contributed by atoms with van der Waals surface area (Å²) in [5.41, 5.74) is 3.57. The van der Waals surface area contributed by atoms with E-state index in [9.17, 15) is 0 Å². The van der Waals surface area contributed by atoms with Gasteiger partial charge in [-0.1, -0.05) is 6.08 Å². The van der Waals surface area contributed by atoms with Gasteiger partial charge in [-0.2, -0.15) is 5.10 Å². The van der Waals surface area contributed by atoms with Crippen molar-refractivity contribution >= 4 is 0 Å². The van der Waals surface area contributed by atoms with Crippen molar-refractivity contribution in [3.05, 3.63) is 29.6 Å². The van der Waals surface area contributed by atoms with Gasteiger partial charge in [-0.25, -0.2) is 0 Å². The Hall–Kier alpha value is -1.13. The van der Waals surface area contributed by atoms with Gasteiger partial charge in [0, 0.05) is 31.5 Å². The number of allylic oxidation sites excluding steroid dienone is 1. The normalized spacial score (nSPS) is 10.7. The number of aromatic nitrogens is 2. The van der Waals surface area contributed by atoms with E-state index < -0.39 is 0 Å². The number of hydrogen-bond acceptors (Lipinski definition) is 3. The topological polar surface area (TPSA) is 39.1 Å². The molecule has 0 unspecified atom stereocenters. The summed E-state index contributed by atoms with van der Waals surface area (Å²) in [5.74, 6) is 0. The molecule has 0 saturated heterocycles. The van der Waals surface area contributed by atoms with E-state index in [1.165, 1.54) is 11.3 Å². The Balaban J connectivity index is 2.61. The first kappa shape index (κ1) is 12.9. The molecule has 0 amide bonds. The van der Waals surface area contributed by atoms with Gasteiger partial charge in [-0.15, -0.1) is 6.58 Å². The van der Waals surface area contributed by atoms with Crippen LogP contribution in [0.5, 0.6) is 0 Å². The molecule has 1 aromatic rings. The Morgan fingerprint density at radius 1 is 1.50 bits per heavy atom. The molecule has 4 heteroatoms. The fourth-order valence-corrected chi connectivity index (χ4v) is 1.68. The summed E-state index contributed by atoms with van der Waals surface area (Å²) in [6.45, 7) is 11.1. The molecule has 0 bridgehead atoms. The second-order valence-corrected chi connectivity index (χ2v) is 3.79. The summed E-state index contributed by atoms with van der Waals surface area (Å²) in [5, 5.41) is 7.81. The second-order valence-electron chi connectivity index (χ2n) is 3.79. The number of methoxy groups -OCH3 is 1. The maximum Gasteiger partial charge on any atom is 0.0641 e. The molecule has 0 spiro atoms. The molecule has 1 heterocycles. The van der Waals surface area contributed by atoms with Gasteiger partial charge >= 0.3 is 0 Å². The van der Waals surface area contributed by atoms with Crippen molar-refractivity contribution in [3.63, 3.8) is 0 Å². The lowest BCUT2D eigenvalue weighted by atomic mass is 10.2. The molecule has 90 valence electrons. The zero-order valence-corrected chi connectivity index (χ0v) is 10.4. The highest BCUT2D eigenvalue weighted by molar-refractivity contribution is 5.24. The van der Waals surface area contributed by atoms with Crippen molar-refractivity contribution in [2.24, 2.45) is 0 Å². The number of aryl methyl sites for hydroxylation is 1. The van der Waals surface area contributed by atoms with Crippen LogP contribution in [-0.2, 0) is 17.8 Å². The van der Waals surface area contributed by atoms with E-state index in [0.717, 1.165) is 31.9 Å². The molecule has 1 aromatic heterocycles. The summed E-state index contributed by atoms with van der Waals surface area (Å²) in [7, 11) is 1.71. The number of nitrogens with zero attached hydrogens (tertiary/aromatic N) is 2. The van der Waals surface area contributed by atoms with Crippen molar-refractivity contribution in [2.75, 3.05) is 20.3 Å². The van der Waals surface area contributed by atoms with Crippen molar-refractivity contribution in [2.45, 2.75) is 26.9 Å². The minimum Gasteiger partial charge on any atom is -0.383 e. The average molecular weight is 223 g/mol. The highest BCUT2D eigenvalue weighted by atomic mass is 16.5. The lowest BCUT2D eigenvalue weighted by molar-refractivity contribution is 0.199. The maximum atomic E-state index is 4.99. The summed E-state index contributed by atoms with van der Waals surface area (Å²) in [6.07, 6.45) is 1.86. The Morgan fingerprint density at radius 2 is 2.25 bits per heavy atom. The molecule has 0 fully saturated rings. The number of nitrogens with one attached hydrogen (secondary N) is 1. The van der Waals surface area contributed by atoms with Crippen LogP contribution < -0.4 is 5.32 Å². The van der Waals surface area contributed by atoms with Gasteiger partial charge in [0.2, 0.25) is 0 Å². The van der Waals surface area contributed by atoms with E-state index in [0.29, 0.717) is 0 Å². The summed E-state index contributed by atoms with van der Waals surface area (Å²) in [4.78, 5) is 0. The van der Waals surface area contributed by atoms with Crippen LogP contribution in [0.2, 0.25) is 0 Å². The van der Waals surface area contributed by atoms with Gasteiger partial charge in [0.25, 0.3) is 0 Å². The lowest BCUT2D eigenvalue weighted by Crippen LogP contribution is -2.19. The molecule has 16 heavy (non-hydrogen) atoms. The second kappa shape index (κ2) is 6.45. The van der Waals surface area contributed by atoms with Crippen molar-refractivity contribution < 1.29 is 4.74 Å². The zero-order valence-electron chi connectivity index (χ0n) is 10.4. The summed E-state index contributed by atoms with van der Waals surface area (Å²) >= 11 is 0. The third kappa shape index (κ3) is 3.18. The first-order valence-corrected chi connectivity index (χ1v) is 5.54. The Bertz CT molecular complexity index is 344. The first-order valence-electron chi connectivity index (χ1n) is 5.54. The highest BCUT2D eigenvalue weighted by Crippen LogP contribution is 2.12. The summed E-state index contributed by atoms with van der Waals surface area (Å²) < 4.78 is 6.97. The molecule has 0 saturated carbocycles. The predicted molar refractivity (Wildman–Crippen MR) is 65.5 cm³/mol. The highest BCUT2D eigenvalue weighted by Gasteiger charge is 2.09. The van der Waals surface area contributed by atoms with E-state index >= 15 is 0 Å². The fourth-order valence-electron chi connectivity index (χ4n) is 1.68. The molecule has 1 N–H and O–H groups in total. The van der Waals surface area contributed by atoms with Crippen molar-refractivity contribution in [3.8, 4) is 0 Å². The lowest BCUT2D eigenvalue weighted by Gasteiger charge is -2.05. The van der Waals surface area contributed by atoms with E-state index in [1.54, 1.807) is 7.11 Å². The Kier molecular flexibility index (Phi) is 5.22. The van der Waals surface area contributed by atoms with Crippen LogP contribution in [0.3, 0.4) is 0 Å². The molecule has 0 aliphatic heterocycles. The number of rotatable bonds is 7. The molecule has 1 rings (SSSR count). The molecule has 0 aromatic carbocycles. The third-order valence-electron chi connectivity index (χ3n) is 2.62. The zero-order chi connectivity index (χ0) is 12.0. The van der Waals surface area contributed by atoms with Crippen LogP contribution in [-0.4, -0.2) is 30.0 Å². The SMILES string of the molecule is C=CCn1nc(C)c(CNCCOC)c1C. The van der Waals surface area contributed by atoms with Crippen LogP contribution in [0.4, 0.5) is 0 Å². The minimum absolute atomic E-state index is 0.735. The Morgan fingerprint density at radius 3 is 2.88 bits per heavy atom. The first-order chi connectivity index (χ1) is 7.70. The van der Waals surface area contributed by atoms with Crippen LogP contribution in [0.1, 0.15) is 17.0 Å². The smallest absolute Gasteiger partial charge is 0.0641 e. The molecule has 4 nitrogen and oxygen atoms in total. The molecular formula is C12H21N3O. The molecular weight excluding hydrogens is 202 g/mol. The van der Waals surface area contributed by atoms with Gasteiger partial charge in [-0.3, -0.25) is 4.68 Å². The van der Waals surface area contributed by atoms with Crippen LogP contribution >= 0.6 is 0 Å². The molecule has 0 aliphatic carbocycles. The summed E-state index contributed by atoms with van der Waals surface area (Å²) in [6, 6.07) is 0. The van der Waals surface area contributed by atoms with Crippen LogP contribution in [0, 0.1) is 13.8 Å². The van der Waals surface area contributed by atoms with Gasteiger partial charge in [-0.05, 0) is 13.8 Å². The van der Waals surface area contributed by atoms with Gasteiger partial charge in [0.15, 0.2) is 0 Å². The Labute approximate surface area is 97.3 Å². The largest absolute Gasteiger partial charge is 0.383 e. The quantitative estimate of drug-likeness (QED) is 0.561. The third-order valence-corrected chi connectivity index (χ3v) is 2.62. The molecule has 0 radical (unpaired) electrons. The molecule has 0 atom stereocenters. The van der Waals surface area contributed by atoms with Crippen molar-refractivity contribution in [1.29, 1.82) is 0 Å². The average Bonchev–Trinajstić information content (AvgIpc) is 2.52. The number of hydrogen-bond donors (Lipinski definition) is 1. The minimum atomic E-state index is 0.735. The van der Waals surface area contributed by atoms with E-state index in [2.05, 4.69) is 23.9 Å². The molecule has 0 aliphatic rings. The van der Waals surface area contributed by atoms with Gasteiger partial charge in [0.05, 0.1) is 18.8 Å². The van der Waals surface area contributed by atoms with Gasteiger partial charge < -0.3 is 10.1 Å². The predicted octanol–water partition coefficient (Wildman–Crippen LogP) is 1.42. The van der Waals surface area contributed by atoms with E-state index in [1.807, 2.05) is 17.7 Å². The van der Waals surface area contributed by atoms with E-state index in [4.69, 9.17) is 4.74 Å². The number of ether oxygens (including phenoxy) is 1. The van der Waals surface area contributed by atoms with E-state index in [-0.39, 0.29) is 0 Å².